The minimum Gasteiger partial charge on any atom is -0.496 e. The topological polar surface area (TPSA) is 82.9 Å². The summed E-state index contributed by atoms with van der Waals surface area (Å²) in [4.78, 5) is 0. The van der Waals surface area contributed by atoms with Gasteiger partial charge < -0.3 is 18.9 Å². The maximum atomic E-state index is 5.43. The number of hydrogen-bond acceptors (Lipinski definition) is 7. The first-order chi connectivity index (χ1) is 13.6. The average Bonchev–Trinajstić information content (AvgIpc) is 3.11. The number of nitrogens with zero attached hydrogens (tertiary/aromatic N) is 3. The molecule has 0 spiro atoms. The maximum absolute atomic E-state index is 5.43. The van der Waals surface area contributed by atoms with Gasteiger partial charge in [0.05, 0.1) is 40.2 Å². The normalized spacial score (nSPS) is 10.9. The Morgan fingerprint density at radius 3 is 2.25 bits per heavy atom. The molecule has 28 heavy (non-hydrogen) atoms. The van der Waals surface area contributed by atoms with E-state index < -0.39 is 0 Å². The minimum atomic E-state index is 0.344. The lowest BCUT2D eigenvalue weighted by atomic mass is 10.2. The molecule has 0 fully saturated rings. The molecule has 0 saturated carbocycles. The van der Waals surface area contributed by atoms with Crippen LogP contribution in [0.1, 0.15) is 5.56 Å². The predicted octanol–water partition coefficient (Wildman–Crippen LogP) is 3.52. The molecule has 1 N–H and O–H groups in total. The molecule has 0 aliphatic rings. The van der Waals surface area contributed by atoms with Gasteiger partial charge in [-0.15, -0.1) is 0 Å². The van der Waals surface area contributed by atoms with Crippen molar-refractivity contribution in [3.05, 3.63) is 46.7 Å². The first kappa shape index (κ1) is 19.4. The molecule has 3 rings (SSSR count). The van der Waals surface area contributed by atoms with Crippen molar-refractivity contribution in [2.75, 3.05) is 28.4 Å². The van der Waals surface area contributed by atoms with Gasteiger partial charge in [0.25, 0.3) is 0 Å². The summed E-state index contributed by atoms with van der Waals surface area (Å²) in [5.74, 6) is 2.89. The molecule has 9 heteroatoms. The average molecular weight is 400 g/mol. The van der Waals surface area contributed by atoms with Gasteiger partial charge in [-0.3, -0.25) is 0 Å². The van der Waals surface area contributed by atoms with Crippen molar-refractivity contribution in [1.29, 1.82) is 0 Å². The van der Waals surface area contributed by atoms with Crippen LogP contribution in [0.2, 0.25) is 0 Å². The Morgan fingerprint density at radius 1 is 0.929 bits per heavy atom. The van der Waals surface area contributed by atoms with E-state index in [0.717, 1.165) is 5.56 Å². The number of H-pyrrole nitrogens is 1. The SMILES string of the molecule is COc1cc(OC)c(OC)cc1/C=N\n1c(-c2ccccc2OC)n[nH]c1=S. The summed E-state index contributed by atoms with van der Waals surface area (Å²) >= 11 is 5.33. The summed E-state index contributed by atoms with van der Waals surface area (Å²) in [6.07, 6.45) is 1.62. The Morgan fingerprint density at radius 2 is 1.57 bits per heavy atom. The molecule has 0 saturated heterocycles. The van der Waals surface area contributed by atoms with Crippen molar-refractivity contribution in [3.8, 4) is 34.4 Å². The van der Waals surface area contributed by atoms with Crippen LogP contribution >= 0.6 is 12.2 Å². The number of methoxy groups -OCH3 is 4. The monoisotopic (exact) mass is 400 g/mol. The zero-order chi connectivity index (χ0) is 20.1. The third-order valence-corrected chi connectivity index (χ3v) is 4.31. The smallest absolute Gasteiger partial charge is 0.216 e. The highest BCUT2D eigenvalue weighted by molar-refractivity contribution is 7.71. The van der Waals surface area contributed by atoms with E-state index in [0.29, 0.717) is 39.2 Å². The summed E-state index contributed by atoms with van der Waals surface area (Å²) in [5, 5.41) is 11.5. The Balaban J connectivity index is 2.07. The van der Waals surface area contributed by atoms with Crippen molar-refractivity contribution in [2.45, 2.75) is 0 Å². The molecule has 146 valence electrons. The Kier molecular flexibility index (Phi) is 5.95. The molecule has 0 amide bonds. The van der Waals surface area contributed by atoms with Gasteiger partial charge in [0.1, 0.15) is 11.5 Å². The van der Waals surface area contributed by atoms with E-state index in [1.54, 1.807) is 46.8 Å². The molecule has 0 unspecified atom stereocenters. The van der Waals surface area contributed by atoms with Gasteiger partial charge in [-0.2, -0.15) is 14.9 Å². The van der Waals surface area contributed by atoms with Crippen LogP contribution in [0.3, 0.4) is 0 Å². The number of aromatic nitrogens is 3. The molecular formula is C19H20N4O4S. The van der Waals surface area contributed by atoms with E-state index in [2.05, 4.69) is 15.3 Å². The van der Waals surface area contributed by atoms with Crippen molar-refractivity contribution in [1.82, 2.24) is 14.9 Å². The van der Waals surface area contributed by atoms with Crippen LogP contribution in [-0.2, 0) is 0 Å². The number of rotatable bonds is 7. The number of ether oxygens (including phenoxy) is 4. The second-order valence-corrected chi connectivity index (χ2v) is 5.94. The van der Waals surface area contributed by atoms with E-state index in [-0.39, 0.29) is 0 Å². The van der Waals surface area contributed by atoms with Crippen molar-refractivity contribution in [3.63, 3.8) is 0 Å². The third kappa shape index (κ3) is 3.70. The van der Waals surface area contributed by atoms with Gasteiger partial charge in [-0.1, -0.05) is 12.1 Å². The van der Waals surface area contributed by atoms with Crippen LogP contribution in [0.5, 0.6) is 23.0 Å². The Hall–Kier alpha value is -3.33. The first-order valence-corrected chi connectivity index (χ1v) is 8.69. The van der Waals surface area contributed by atoms with E-state index in [9.17, 15) is 0 Å². The molecular weight excluding hydrogens is 380 g/mol. The number of benzene rings is 2. The Bertz CT molecular complexity index is 1060. The van der Waals surface area contributed by atoms with Crippen molar-refractivity contribution < 1.29 is 18.9 Å². The maximum Gasteiger partial charge on any atom is 0.216 e. The van der Waals surface area contributed by atoms with Crippen molar-refractivity contribution >= 4 is 18.4 Å². The van der Waals surface area contributed by atoms with Crippen LogP contribution in [0.25, 0.3) is 11.4 Å². The van der Waals surface area contributed by atoms with E-state index in [1.165, 1.54) is 4.68 Å². The van der Waals surface area contributed by atoms with Crippen LogP contribution in [0.4, 0.5) is 0 Å². The van der Waals surface area contributed by atoms with E-state index in [4.69, 9.17) is 31.2 Å². The standard InChI is InChI=1S/C19H20N4O4S/c1-24-14-8-6-5-7-13(14)18-21-22-19(28)23(18)20-11-12-9-16(26-3)17(27-4)10-15(12)25-2/h5-11H,1-4H3,(H,22,28)/b20-11-. The van der Waals surface area contributed by atoms with Gasteiger partial charge in [-0.25, -0.2) is 5.10 Å². The largest absolute Gasteiger partial charge is 0.496 e. The second kappa shape index (κ2) is 8.57. The van der Waals surface area contributed by atoms with Crippen LogP contribution in [0, 0.1) is 4.77 Å². The van der Waals surface area contributed by atoms with Gasteiger partial charge in [0.2, 0.25) is 4.77 Å². The third-order valence-electron chi connectivity index (χ3n) is 4.05. The summed E-state index contributed by atoms with van der Waals surface area (Å²) in [5.41, 5.74) is 1.45. The number of nitrogens with one attached hydrogen (secondary N) is 1. The first-order valence-electron chi connectivity index (χ1n) is 8.28. The second-order valence-electron chi connectivity index (χ2n) is 5.56. The molecule has 0 atom stereocenters. The lowest BCUT2D eigenvalue weighted by Gasteiger charge is -2.12. The van der Waals surface area contributed by atoms with Gasteiger partial charge in [0, 0.05) is 11.6 Å². The van der Waals surface area contributed by atoms with Crippen LogP contribution in [0.15, 0.2) is 41.5 Å². The van der Waals surface area contributed by atoms with Crippen LogP contribution in [-0.4, -0.2) is 49.5 Å². The van der Waals surface area contributed by atoms with Gasteiger partial charge in [0.15, 0.2) is 17.3 Å². The summed E-state index contributed by atoms with van der Waals surface area (Å²) in [6.45, 7) is 0. The van der Waals surface area contributed by atoms with Crippen LogP contribution < -0.4 is 18.9 Å². The highest BCUT2D eigenvalue weighted by atomic mass is 32.1. The lowest BCUT2D eigenvalue weighted by molar-refractivity contribution is 0.349. The predicted molar refractivity (Wildman–Crippen MR) is 108 cm³/mol. The lowest BCUT2D eigenvalue weighted by Crippen LogP contribution is -1.99. The minimum absolute atomic E-state index is 0.344. The summed E-state index contributed by atoms with van der Waals surface area (Å²) in [6, 6.07) is 11.0. The molecule has 1 aromatic heterocycles. The molecule has 0 radical (unpaired) electrons. The highest BCUT2D eigenvalue weighted by Gasteiger charge is 2.14. The molecule has 1 heterocycles. The fraction of sp³-hybridized carbons (Fsp3) is 0.211. The fourth-order valence-corrected chi connectivity index (χ4v) is 2.86. The molecule has 0 aliphatic heterocycles. The number of para-hydroxylation sites is 1. The quantitative estimate of drug-likeness (QED) is 0.483. The van der Waals surface area contributed by atoms with Gasteiger partial charge >= 0.3 is 0 Å². The van der Waals surface area contributed by atoms with Crippen molar-refractivity contribution in [2.24, 2.45) is 5.10 Å². The molecule has 2 aromatic carbocycles. The zero-order valence-electron chi connectivity index (χ0n) is 15.9. The summed E-state index contributed by atoms with van der Waals surface area (Å²) in [7, 11) is 6.30. The molecule has 0 bridgehead atoms. The van der Waals surface area contributed by atoms with E-state index >= 15 is 0 Å². The summed E-state index contributed by atoms with van der Waals surface area (Å²) < 4.78 is 23.4. The highest BCUT2D eigenvalue weighted by Crippen LogP contribution is 2.34. The molecule has 0 aliphatic carbocycles. The molecule has 3 aromatic rings. The number of aromatic amines is 1. The number of hydrogen-bond donors (Lipinski definition) is 1. The Labute approximate surface area is 167 Å². The molecule has 8 nitrogen and oxygen atoms in total. The zero-order valence-corrected chi connectivity index (χ0v) is 16.7. The van der Waals surface area contributed by atoms with Gasteiger partial charge in [-0.05, 0) is 30.4 Å². The van der Waals surface area contributed by atoms with E-state index in [1.807, 2.05) is 24.3 Å². The fourth-order valence-electron chi connectivity index (χ4n) is 2.68.